The van der Waals surface area contributed by atoms with E-state index >= 15 is 0 Å². The van der Waals surface area contributed by atoms with Gasteiger partial charge in [0.05, 0.1) is 10.5 Å². The van der Waals surface area contributed by atoms with Crippen LogP contribution in [0.4, 0.5) is 0 Å². The normalized spacial score (nSPS) is 18.6. The number of sulfonamides is 1. The van der Waals surface area contributed by atoms with E-state index in [1.807, 2.05) is 25.1 Å². The first-order chi connectivity index (χ1) is 13.0. The molecular formula is C21H21NO4S. The first-order valence-corrected chi connectivity index (χ1v) is 10.6. The highest BCUT2D eigenvalue weighted by Gasteiger charge is 2.30. The van der Waals surface area contributed by atoms with Crippen molar-refractivity contribution in [1.82, 2.24) is 4.31 Å². The molecule has 27 heavy (non-hydrogen) atoms. The fourth-order valence-corrected chi connectivity index (χ4v) is 5.33. The molecule has 2 heterocycles. The van der Waals surface area contributed by atoms with Gasteiger partial charge in [-0.25, -0.2) is 13.2 Å². The molecule has 1 atom stereocenters. The molecule has 0 unspecified atom stereocenters. The Morgan fingerprint density at radius 2 is 1.78 bits per heavy atom. The Hall–Kier alpha value is -2.44. The van der Waals surface area contributed by atoms with Crippen molar-refractivity contribution >= 4 is 21.0 Å². The van der Waals surface area contributed by atoms with Gasteiger partial charge in [-0.05, 0) is 49.6 Å². The summed E-state index contributed by atoms with van der Waals surface area (Å²) in [6.07, 6.45) is 2.83. The van der Waals surface area contributed by atoms with Gasteiger partial charge in [-0.2, -0.15) is 4.31 Å². The number of fused-ring (bicyclic) bond motifs is 1. The summed E-state index contributed by atoms with van der Waals surface area (Å²) in [7, 11) is -3.52. The molecular weight excluding hydrogens is 362 g/mol. The number of benzene rings is 2. The minimum absolute atomic E-state index is 0.0101. The van der Waals surface area contributed by atoms with E-state index in [4.69, 9.17) is 4.42 Å². The van der Waals surface area contributed by atoms with Crippen molar-refractivity contribution in [3.05, 3.63) is 65.0 Å². The van der Waals surface area contributed by atoms with Crippen LogP contribution in [0.25, 0.3) is 22.1 Å². The first kappa shape index (κ1) is 17.9. The van der Waals surface area contributed by atoms with Crippen molar-refractivity contribution in [2.45, 2.75) is 37.1 Å². The van der Waals surface area contributed by atoms with Crippen LogP contribution in [0.2, 0.25) is 0 Å². The van der Waals surface area contributed by atoms with E-state index in [1.54, 1.807) is 40.7 Å². The molecule has 4 rings (SSSR count). The molecule has 6 heteroatoms. The summed E-state index contributed by atoms with van der Waals surface area (Å²) < 4.78 is 32.8. The topological polar surface area (TPSA) is 67.6 Å². The highest BCUT2D eigenvalue weighted by molar-refractivity contribution is 7.89. The summed E-state index contributed by atoms with van der Waals surface area (Å²) >= 11 is 0. The lowest BCUT2D eigenvalue weighted by atomic mass is 10.1. The smallest absolute Gasteiger partial charge is 0.344 e. The Kier molecular flexibility index (Phi) is 4.61. The molecule has 5 nitrogen and oxygen atoms in total. The molecule has 1 aliphatic rings. The molecule has 1 aliphatic heterocycles. The van der Waals surface area contributed by atoms with Crippen LogP contribution in [0.5, 0.6) is 0 Å². The molecule has 0 spiro atoms. The van der Waals surface area contributed by atoms with Crippen LogP contribution >= 0.6 is 0 Å². The van der Waals surface area contributed by atoms with Crippen molar-refractivity contribution in [1.29, 1.82) is 0 Å². The van der Waals surface area contributed by atoms with E-state index in [2.05, 4.69) is 0 Å². The van der Waals surface area contributed by atoms with Crippen molar-refractivity contribution in [3.63, 3.8) is 0 Å². The maximum absolute atomic E-state index is 12.9. The summed E-state index contributed by atoms with van der Waals surface area (Å²) in [5.74, 6) is 0. The van der Waals surface area contributed by atoms with Crippen LogP contribution in [0.1, 0.15) is 26.2 Å². The van der Waals surface area contributed by atoms with Gasteiger partial charge in [-0.1, -0.05) is 36.8 Å². The molecule has 0 N–H and O–H groups in total. The van der Waals surface area contributed by atoms with Crippen LogP contribution in [-0.2, 0) is 10.0 Å². The molecule has 140 valence electrons. The average Bonchev–Trinajstić information content (AvgIpc) is 2.68. The lowest BCUT2D eigenvalue weighted by molar-refractivity contribution is 0.268. The molecule has 0 aliphatic carbocycles. The van der Waals surface area contributed by atoms with Gasteiger partial charge in [0.15, 0.2) is 0 Å². The van der Waals surface area contributed by atoms with Crippen molar-refractivity contribution in [3.8, 4) is 11.1 Å². The third-order valence-corrected chi connectivity index (χ3v) is 7.18. The van der Waals surface area contributed by atoms with E-state index in [0.717, 1.165) is 24.6 Å². The minimum Gasteiger partial charge on any atom is -0.422 e. The molecule has 1 aromatic heterocycles. The molecule has 1 fully saturated rings. The summed E-state index contributed by atoms with van der Waals surface area (Å²) in [5, 5.41) is 0.825. The summed E-state index contributed by atoms with van der Waals surface area (Å²) in [6, 6.07) is 15.6. The van der Waals surface area contributed by atoms with Crippen molar-refractivity contribution in [2.75, 3.05) is 6.54 Å². The third kappa shape index (κ3) is 3.31. The highest BCUT2D eigenvalue weighted by Crippen LogP contribution is 2.27. The van der Waals surface area contributed by atoms with Gasteiger partial charge in [0.25, 0.3) is 0 Å². The molecule has 0 saturated carbocycles. The number of rotatable bonds is 3. The summed E-state index contributed by atoms with van der Waals surface area (Å²) in [4.78, 5) is 12.6. The fraction of sp³-hybridized carbons (Fsp3) is 0.286. The van der Waals surface area contributed by atoms with Crippen molar-refractivity contribution < 1.29 is 12.8 Å². The zero-order valence-electron chi connectivity index (χ0n) is 15.1. The van der Waals surface area contributed by atoms with Gasteiger partial charge in [0.2, 0.25) is 10.0 Å². The largest absolute Gasteiger partial charge is 0.422 e. The maximum atomic E-state index is 12.9. The Morgan fingerprint density at radius 1 is 1.04 bits per heavy atom. The monoisotopic (exact) mass is 383 g/mol. The lowest BCUT2D eigenvalue weighted by Crippen LogP contribution is -2.41. The van der Waals surface area contributed by atoms with Crippen LogP contribution in [0, 0.1) is 0 Å². The van der Waals surface area contributed by atoms with Gasteiger partial charge in [-0.3, -0.25) is 0 Å². The number of hydrogen-bond acceptors (Lipinski definition) is 4. The zero-order valence-corrected chi connectivity index (χ0v) is 15.9. The van der Waals surface area contributed by atoms with Gasteiger partial charge >= 0.3 is 5.63 Å². The van der Waals surface area contributed by atoms with Gasteiger partial charge in [-0.15, -0.1) is 0 Å². The molecule has 0 radical (unpaired) electrons. The summed E-state index contributed by atoms with van der Waals surface area (Å²) in [5.41, 5.74) is 1.16. The van der Waals surface area contributed by atoms with Crippen LogP contribution in [0.3, 0.4) is 0 Å². The number of piperidine rings is 1. The van der Waals surface area contributed by atoms with Gasteiger partial charge in [0, 0.05) is 18.0 Å². The second kappa shape index (κ2) is 6.94. The van der Waals surface area contributed by atoms with Gasteiger partial charge < -0.3 is 4.42 Å². The first-order valence-electron chi connectivity index (χ1n) is 9.12. The number of hydrogen-bond donors (Lipinski definition) is 0. The minimum atomic E-state index is -3.52. The van der Waals surface area contributed by atoms with E-state index in [1.165, 1.54) is 0 Å². The highest BCUT2D eigenvalue weighted by atomic mass is 32.2. The fourth-order valence-electron chi connectivity index (χ4n) is 3.63. The summed E-state index contributed by atoms with van der Waals surface area (Å²) in [6.45, 7) is 2.50. The van der Waals surface area contributed by atoms with E-state index < -0.39 is 15.6 Å². The Labute approximate surface area is 158 Å². The molecule has 2 aromatic carbocycles. The second-order valence-electron chi connectivity index (χ2n) is 6.97. The lowest BCUT2D eigenvalue weighted by Gasteiger charge is -2.32. The zero-order chi connectivity index (χ0) is 19.0. The Balaban J connectivity index is 1.70. The van der Waals surface area contributed by atoms with E-state index in [-0.39, 0.29) is 10.9 Å². The third-order valence-electron chi connectivity index (χ3n) is 5.16. The second-order valence-corrected chi connectivity index (χ2v) is 8.86. The Morgan fingerprint density at radius 3 is 2.52 bits per heavy atom. The predicted molar refractivity (Wildman–Crippen MR) is 105 cm³/mol. The van der Waals surface area contributed by atoms with Gasteiger partial charge in [0.1, 0.15) is 5.58 Å². The quantitative estimate of drug-likeness (QED) is 0.641. The van der Waals surface area contributed by atoms with Crippen LogP contribution in [0.15, 0.2) is 68.7 Å². The van der Waals surface area contributed by atoms with E-state index in [9.17, 15) is 13.2 Å². The molecule has 3 aromatic rings. The standard InChI is InChI=1S/C21H21NO4S/c1-15-6-4-5-13-22(15)27(24,25)18-11-9-16(10-12-18)19-14-17-7-2-3-8-20(17)26-21(19)23/h2-3,7-12,14-15H,4-6,13H2,1H3/t15-/m0/s1. The molecule has 1 saturated heterocycles. The SMILES string of the molecule is C[C@H]1CCCCN1S(=O)(=O)c1ccc(-c2cc3ccccc3oc2=O)cc1. The number of nitrogens with zero attached hydrogens (tertiary/aromatic N) is 1. The van der Waals surface area contributed by atoms with Crippen LogP contribution in [-0.4, -0.2) is 25.3 Å². The van der Waals surface area contributed by atoms with E-state index in [0.29, 0.717) is 23.3 Å². The predicted octanol–water partition coefficient (Wildman–Crippen LogP) is 4.02. The molecule has 0 bridgehead atoms. The Bertz CT molecular complexity index is 1130. The van der Waals surface area contributed by atoms with Crippen LogP contribution < -0.4 is 5.63 Å². The maximum Gasteiger partial charge on any atom is 0.344 e. The van der Waals surface area contributed by atoms with Crippen molar-refractivity contribution in [2.24, 2.45) is 0 Å². The number of para-hydroxylation sites is 1. The average molecular weight is 383 g/mol. The molecule has 0 amide bonds.